The molecule has 0 saturated heterocycles. The Morgan fingerprint density at radius 1 is 1.24 bits per heavy atom. The summed E-state index contributed by atoms with van der Waals surface area (Å²) in [4.78, 5) is 0. The molecule has 1 aromatic carbocycles. The zero-order chi connectivity index (χ0) is 13.0. The summed E-state index contributed by atoms with van der Waals surface area (Å²) < 4.78 is 18.5. The number of nitrogens with zero attached hydrogens (tertiary/aromatic N) is 1. The molecule has 0 unspecified atom stereocenters. The Bertz CT molecular complexity index is 488. The Hall–Kier alpha value is -1.35. The molecule has 0 aliphatic carbocycles. The van der Waals surface area contributed by atoms with Crippen LogP contribution < -0.4 is 0 Å². The molecule has 0 N–H and O–H groups in total. The van der Waals surface area contributed by atoms with Gasteiger partial charge in [0.1, 0.15) is 17.3 Å². The molecule has 0 bridgehead atoms. The minimum atomic E-state index is -0.390. The lowest BCUT2D eigenvalue weighted by atomic mass is 10.1. The van der Waals surface area contributed by atoms with E-state index in [4.69, 9.17) is 16.1 Å². The van der Waals surface area contributed by atoms with E-state index in [0.29, 0.717) is 22.0 Å². The number of hydrogen-bond acceptors (Lipinski definition) is 2. The zero-order valence-corrected chi connectivity index (χ0v) is 11.1. The number of halogens is 2. The monoisotopic (exact) mass is 255 g/mol. The highest BCUT2D eigenvalue weighted by Gasteiger charge is 2.17. The highest BCUT2D eigenvalue weighted by molar-refractivity contribution is 6.33. The Balaban J connectivity index is 0.000000686. The SMILES string of the molecule is CC.Cc1onc(-c2c(F)cccc2Cl)c1C. The van der Waals surface area contributed by atoms with E-state index in [1.54, 1.807) is 19.1 Å². The van der Waals surface area contributed by atoms with Gasteiger partial charge in [0.15, 0.2) is 0 Å². The molecule has 0 atom stereocenters. The maximum Gasteiger partial charge on any atom is 0.137 e. The largest absolute Gasteiger partial charge is 0.361 e. The fourth-order valence-electron chi connectivity index (χ4n) is 1.37. The molecule has 0 aliphatic heterocycles. The van der Waals surface area contributed by atoms with Crippen LogP contribution in [0.2, 0.25) is 5.02 Å². The Morgan fingerprint density at radius 2 is 1.88 bits per heavy atom. The molecule has 0 saturated carbocycles. The van der Waals surface area contributed by atoms with Crippen molar-refractivity contribution in [3.8, 4) is 11.3 Å². The highest BCUT2D eigenvalue weighted by Crippen LogP contribution is 2.32. The average molecular weight is 256 g/mol. The third-order valence-corrected chi connectivity index (χ3v) is 2.67. The fourth-order valence-corrected chi connectivity index (χ4v) is 1.63. The first-order chi connectivity index (χ1) is 8.11. The van der Waals surface area contributed by atoms with Crippen molar-refractivity contribution in [1.29, 1.82) is 0 Å². The van der Waals surface area contributed by atoms with Crippen molar-refractivity contribution >= 4 is 11.6 Å². The average Bonchev–Trinajstić information content (AvgIpc) is 2.64. The number of rotatable bonds is 1. The van der Waals surface area contributed by atoms with Crippen LogP contribution in [0.25, 0.3) is 11.3 Å². The van der Waals surface area contributed by atoms with E-state index in [9.17, 15) is 4.39 Å². The van der Waals surface area contributed by atoms with E-state index in [0.717, 1.165) is 5.56 Å². The van der Waals surface area contributed by atoms with Crippen molar-refractivity contribution in [2.75, 3.05) is 0 Å². The van der Waals surface area contributed by atoms with Crippen molar-refractivity contribution in [2.24, 2.45) is 0 Å². The van der Waals surface area contributed by atoms with Crippen LogP contribution in [0.3, 0.4) is 0 Å². The van der Waals surface area contributed by atoms with Crippen LogP contribution in [0.4, 0.5) is 4.39 Å². The van der Waals surface area contributed by atoms with Gasteiger partial charge in [0.2, 0.25) is 0 Å². The maximum absolute atomic E-state index is 13.6. The Labute approximate surface area is 105 Å². The molecule has 0 fully saturated rings. The molecule has 0 radical (unpaired) electrons. The normalized spacial score (nSPS) is 9.76. The second-order valence-electron chi connectivity index (χ2n) is 3.31. The van der Waals surface area contributed by atoms with E-state index in [1.165, 1.54) is 6.07 Å². The lowest BCUT2D eigenvalue weighted by Gasteiger charge is -2.02. The van der Waals surface area contributed by atoms with E-state index in [2.05, 4.69) is 5.16 Å². The summed E-state index contributed by atoms with van der Waals surface area (Å²) in [6, 6.07) is 4.54. The standard InChI is InChI=1S/C11H9ClFNO.C2H6/c1-6-7(2)15-14-11(6)10-8(12)4-3-5-9(10)13;1-2/h3-5H,1-2H3;1-2H3. The van der Waals surface area contributed by atoms with Gasteiger partial charge in [-0.15, -0.1) is 0 Å². The van der Waals surface area contributed by atoms with Crippen molar-refractivity contribution in [3.05, 3.63) is 40.4 Å². The van der Waals surface area contributed by atoms with Crippen LogP contribution in [0.5, 0.6) is 0 Å². The summed E-state index contributed by atoms with van der Waals surface area (Å²) in [6.45, 7) is 7.60. The summed E-state index contributed by atoms with van der Waals surface area (Å²) in [5.74, 6) is 0.281. The first-order valence-corrected chi connectivity index (χ1v) is 5.86. The van der Waals surface area contributed by atoms with Gasteiger partial charge in [-0.2, -0.15) is 0 Å². The molecule has 2 nitrogen and oxygen atoms in total. The fraction of sp³-hybridized carbons (Fsp3) is 0.308. The number of hydrogen-bond donors (Lipinski definition) is 0. The third-order valence-electron chi connectivity index (χ3n) is 2.36. The summed E-state index contributed by atoms with van der Waals surface area (Å²) in [5, 5.41) is 4.15. The topological polar surface area (TPSA) is 26.0 Å². The van der Waals surface area contributed by atoms with Gasteiger partial charge in [-0.1, -0.05) is 36.7 Å². The second kappa shape index (κ2) is 5.82. The van der Waals surface area contributed by atoms with Gasteiger partial charge in [0.25, 0.3) is 0 Å². The van der Waals surface area contributed by atoms with Crippen LogP contribution in [0.15, 0.2) is 22.7 Å². The molecule has 0 aliphatic rings. The quantitative estimate of drug-likeness (QED) is 0.733. The molecule has 2 rings (SSSR count). The van der Waals surface area contributed by atoms with E-state index >= 15 is 0 Å². The summed E-state index contributed by atoms with van der Waals surface area (Å²) in [5.41, 5.74) is 1.58. The highest BCUT2D eigenvalue weighted by atomic mass is 35.5. The van der Waals surface area contributed by atoms with Gasteiger partial charge in [-0.05, 0) is 26.0 Å². The zero-order valence-electron chi connectivity index (χ0n) is 10.3. The number of aryl methyl sites for hydroxylation is 1. The van der Waals surface area contributed by atoms with Crippen LogP contribution in [-0.4, -0.2) is 5.16 Å². The molecule has 4 heteroatoms. The number of aromatic nitrogens is 1. The summed E-state index contributed by atoms with van der Waals surface area (Å²) in [7, 11) is 0. The van der Waals surface area contributed by atoms with Gasteiger partial charge in [-0.25, -0.2) is 4.39 Å². The predicted octanol–water partition coefficient (Wildman–Crippen LogP) is 4.78. The first kappa shape index (κ1) is 13.7. The van der Waals surface area contributed by atoms with Crippen molar-refractivity contribution in [2.45, 2.75) is 27.7 Å². The van der Waals surface area contributed by atoms with Crippen LogP contribution in [0.1, 0.15) is 25.2 Å². The van der Waals surface area contributed by atoms with Crippen LogP contribution in [-0.2, 0) is 0 Å². The molecule has 1 heterocycles. The molecule has 1 aromatic heterocycles. The second-order valence-corrected chi connectivity index (χ2v) is 3.72. The molecular formula is C13H15ClFNO. The van der Waals surface area contributed by atoms with E-state index in [-0.39, 0.29) is 5.82 Å². The minimum Gasteiger partial charge on any atom is -0.361 e. The summed E-state index contributed by atoms with van der Waals surface area (Å²) in [6.07, 6.45) is 0. The third kappa shape index (κ3) is 2.67. The maximum atomic E-state index is 13.6. The van der Waals surface area contributed by atoms with Gasteiger partial charge >= 0.3 is 0 Å². The Morgan fingerprint density at radius 3 is 2.35 bits per heavy atom. The van der Waals surface area contributed by atoms with Gasteiger partial charge < -0.3 is 4.52 Å². The Kier molecular flexibility index (Phi) is 4.70. The lowest BCUT2D eigenvalue weighted by Crippen LogP contribution is -1.88. The number of benzene rings is 1. The van der Waals surface area contributed by atoms with Crippen molar-refractivity contribution < 1.29 is 8.91 Å². The van der Waals surface area contributed by atoms with Crippen molar-refractivity contribution in [1.82, 2.24) is 5.16 Å². The molecular weight excluding hydrogens is 241 g/mol. The van der Waals surface area contributed by atoms with Gasteiger partial charge in [0.05, 0.1) is 10.6 Å². The van der Waals surface area contributed by atoms with E-state index < -0.39 is 0 Å². The predicted molar refractivity (Wildman–Crippen MR) is 67.7 cm³/mol. The lowest BCUT2D eigenvalue weighted by molar-refractivity contribution is 0.398. The minimum absolute atomic E-state index is 0.300. The van der Waals surface area contributed by atoms with Crippen LogP contribution in [0, 0.1) is 19.7 Å². The van der Waals surface area contributed by atoms with Gasteiger partial charge in [-0.3, -0.25) is 0 Å². The molecule has 2 aromatic rings. The molecule has 0 amide bonds. The molecule has 0 spiro atoms. The van der Waals surface area contributed by atoms with Crippen molar-refractivity contribution in [3.63, 3.8) is 0 Å². The summed E-state index contributed by atoms with van der Waals surface area (Å²) >= 11 is 5.92. The van der Waals surface area contributed by atoms with E-state index in [1.807, 2.05) is 20.8 Å². The van der Waals surface area contributed by atoms with Crippen LogP contribution >= 0.6 is 11.6 Å². The van der Waals surface area contributed by atoms with Gasteiger partial charge in [0, 0.05) is 5.56 Å². The smallest absolute Gasteiger partial charge is 0.137 e. The molecule has 17 heavy (non-hydrogen) atoms. The first-order valence-electron chi connectivity index (χ1n) is 5.48. The molecule has 92 valence electrons.